The number of hydrogen-bond acceptors (Lipinski definition) is 7. The van der Waals surface area contributed by atoms with Crippen molar-refractivity contribution in [3.05, 3.63) is 41.5 Å². The van der Waals surface area contributed by atoms with E-state index in [9.17, 15) is 21.2 Å². The Morgan fingerprint density at radius 1 is 1.20 bits per heavy atom. The van der Waals surface area contributed by atoms with Crippen LogP contribution in [0, 0.1) is 5.82 Å². The molecular weight excluding hydrogens is 373 g/mol. The molecule has 0 aliphatic carbocycles. The molecule has 11 heteroatoms. The number of aromatic nitrogens is 2. The number of benzene rings is 1. The minimum absolute atomic E-state index is 0.0411. The number of sulfonamides is 1. The van der Waals surface area contributed by atoms with Crippen LogP contribution in [0.25, 0.3) is 0 Å². The summed E-state index contributed by atoms with van der Waals surface area (Å²) >= 11 is 0. The Morgan fingerprint density at radius 3 is 2.52 bits per heavy atom. The molecule has 1 atom stereocenters. The third-order valence-electron chi connectivity index (χ3n) is 3.87. The maximum absolute atomic E-state index is 12.9. The summed E-state index contributed by atoms with van der Waals surface area (Å²) in [6, 6.07) is 4.37. The van der Waals surface area contributed by atoms with Crippen molar-refractivity contribution in [3.63, 3.8) is 0 Å². The van der Waals surface area contributed by atoms with E-state index in [1.54, 1.807) is 0 Å². The standard InChI is InChI=1S/C14H16FN3O5S2/c1-24(19,20)18-8-2-3-12(18)13-16-17-14(23-13)25(21,22)9-10-4-6-11(15)7-5-10/h4-7,12H,2-3,8-9H2,1H3/t12-/m0/s1. The second kappa shape index (κ2) is 6.46. The lowest BCUT2D eigenvalue weighted by atomic mass is 10.2. The molecule has 1 aromatic carbocycles. The fourth-order valence-corrected chi connectivity index (χ4v) is 4.98. The lowest BCUT2D eigenvalue weighted by Gasteiger charge is -2.18. The minimum Gasteiger partial charge on any atom is -0.411 e. The van der Waals surface area contributed by atoms with E-state index in [0.29, 0.717) is 24.9 Å². The van der Waals surface area contributed by atoms with Gasteiger partial charge in [-0.2, -0.15) is 4.31 Å². The molecule has 2 heterocycles. The Morgan fingerprint density at radius 2 is 1.88 bits per heavy atom. The Balaban J connectivity index is 1.84. The summed E-state index contributed by atoms with van der Waals surface area (Å²) in [6.07, 6.45) is 2.18. The van der Waals surface area contributed by atoms with Gasteiger partial charge in [0.25, 0.3) is 0 Å². The van der Waals surface area contributed by atoms with E-state index in [0.717, 1.165) is 18.4 Å². The van der Waals surface area contributed by atoms with Crippen molar-refractivity contribution in [1.29, 1.82) is 0 Å². The fourth-order valence-electron chi connectivity index (χ4n) is 2.73. The molecule has 1 fully saturated rings. The predicted octanol–water partition coefficient (Wildman–Crippen LogP) is 1.28. The van der Waals surface area contributed by atoms with Crippen LogP contribution >= 0.6 is 0 Å². The van der Waals surface area contributed by atoms with Gasteiger partial charge in [0.15, 0.2) is 0 Å². The van der Waals surface area contributed by atoms with Crippen LogP contribution in [-0.4, -0.2) is 44.1 Å². The number of rotatable bonds is 5. The molecule has 25 heavy (non-hydrogen) atoms. The molecule has 0 amide bonds. The zero-order chi connectivity index (χ0) is 18.2. The highest BCUT2D eigenvalue weighted by atomic mass is 32.2. The van der Waals surface area contributed by atoms with Crippen LogP contribution in [0.15, 0.2) is 33.9 Å². The Kier molecular flexibility index (Phi) is 4.64. The zero-order valence-electron chi connectivity index (χ0n) is 13.3. The summed E-state index contributed by atoms with van der Waals surface area (Å²) < 4.78 is 67.7. The van der Waals surface area contributed by atoms with Crippen molar-refractivity contribution in [2.24, 2.45) is 0 Å². The Hall–Kier alpha value is -1.85. The molecule has 8 nitrogen and oxygen atoms in total. The number of sulfone groups is 1. The largest absolute Gasteiger partial charge is 0.411 e. The number of hydrogen-bond donors (Lipinski definition) is 0. The van der Waals surface area contributed by atoms with Crippen LogP contribution in [0.2, 0.25) is 0 Å². The van der Waals surface area contributed by atoms with E-state index in [-0.39, 0.29) is 5.89 Å². The van der Waals surface area contributed by atoms with Crippen LogP contribution < -0.4 is 0 Å². The summed E-state index contributed by atoms with van der Waals surface area (Å²) in [4.78, 5) is 0. The first kappa shape index (κ1) is 18.0. The third-order valence-corrected chi connectivity index (χ3v) is 6.57. The monoisotopic (exact) mass is 389 g/mol. The maximum atomic E-state index is 12.9. The van der Waals surface area contributed by atoms with Gasteiger partial charge in [0.2, 0.25) is 25.8 Å². The smallest absolute Gasteiger partial charge is 0.335 e. The normalized spacial score (nSPS) is 19.4. The average molecular weight is 389 g/mol. The van der Waals surface area contributed by atoms with Gasteiger partial charge in [-0.1, -0.05) is 17.2 Å². The zero-order valence-corrected chi connectivity index (χ0v) is 14.9. The fraction of sp³-hybridized carbons (Fsp3) is 0.429. The molecule has 1 aliphatic rings. The molecule has 136 valence electrons. The quantitative estimate of drug-likeness (QED) is 0.757. The van der Waals surface area contributed by atoms with E-state index in [2.05, 4.69) is 10.2 Å². The third kappa shape index (κ3) is 3.88. The van der Waals surface area contributed by atoms with Gasteiger partial charge in [-0.3, -0.25) is 0 Å². The molecule has 0 unspecified atom stereocenters. The summed E-state index contributed by atoms with van der Waals surface area (Å²) in [5.74, 6) is -0.932. The Bertz CT molecular complexity index is 970. The van der Waals surface area contributed by atoms with Crippen molar-refractivity contribution < 1.29 is 25.6 Å². The van der Waals surface area contributed by atoms with Gasteiger partial charge in [0.1, 0.15) is 11.9 Å². The van der Waals surface area contributed by atoms with E-state index >= 15 is 0 Å². The van der Waals surface area contributed by atoms with Crippen molar-refractivity contribution in [3.8, 4) is 0 Å². The van der Waals surface area contributed by atoms with Crippen LogP contribution in [0.5, 0.6) is 0 Å². The summed E-state index contributed by atoms with van der Waals surface area (Å²) in [5.41, 5.74) is 0.375. The molecule has 0 bridgehead atoms. The number of nitrogens with zero attached hydrogens (tertiary/aromatic N) is 3. The van der Waals surface area contributed by atoms with Crippen molar-refractivity contribution >= 4 is 19.9 Å². The van der Waals surface area contributed by atoms with Gasteiger partial charge in [-0.25, -0.2) is 21.2 Å². The topological polar surface area (TPSA) is 110 Å². The van der Waals surface area contributed by atoms with E-state index in [1.165, 1.54) is 16.4 Å². The van der Waals surface area contributed by atoms with E-state index in [4.69, 9.17) is 4.42 Å². The minimum atomic E-state index is -3.92. The molecule has 2 aromatic rings. The van der Waals surface area contributed by atoms with Crippen molar-refractivity contribution in [1.82, 2.24) is 14.5 Å². The van der Waals surface area contributed by atoms with Crippen LogP contribution in [0.4, 0.5) is 4.39 Å². The van der Waals surface area contributed by atoms with Gasteiger partial charge >= 0.3 is 5.22 Å². The first-order valence-electron chi connectivity index (χ1n) is 7.44. The van der Waals surface area contributed by atoms with Gasteiger partial charge in [-0.15, -0.1) is 5.10 Å². The molecule has 0 saturated carbocycles. The summed E-state index contributed by atoms with van der Waals surface area (Å²) in [7, 11) is -7.38. The van der Waals surface area contributed by atoms with Gasteiger partial charge < -0.3 is 4.42 Å². The molecule has 0 radical (unpaired) electrons. The highest BCUT2D eigenvalue weighted by Crippen LogP contribution is 2.33. The second-order valence-electron chi connectivity index (χ2n) is 5.82. The summed E-state index contributed by atoms with van der Waals surface area (Å²) in [6.45, 7) is 0.323. The Labute approximate surface area is 144 Å². The van der Waals surface area contributed by atoms with Crippen molar-refractivity contribution in [2.45, 2.75) is 29.9 Å². The highest BCUT2D eigenvalue weighted by Gasteiger charge is 2.37. The van der Waals surface area contributed by atoms with Crippen LogP contribution in [0.3, 0.4) is 0 Å². The molecule has 3 rings (SSSR count). The molecule has 0 N–H and O–H groups in total. The van der Waals surface area contributed by atoms with Crippen molar-refractivity contribution in [2.75, 3.05) is 12.8 Å². The first-order chi connectivity index (χ1) is 11.7. The van der Waals surface area contributed by atoms with Crippen LogP contribution in [-0.2, 0) is 25.6 Å². The van der Waals surface area contributed by atoms with E-state index in [1.807, 2.05) is 0 Å². The molecule has 1 aromatic heterocycles. The van der Waals surface area contributed by atoms with Gasteiger partial charge in [0.05, 0.1) is 12.0 Å². The maximum Gasteiger partial charge on any atom is 0.335 e. The van der Waals surface area contributed by atoms with Gasteiger partial charge in [-0.05, 0) is 30.5 Å². The lowest BCUT2D eigenvalue weighted by molar-refractivity contribution is 0.304. The number of halogens is 1. The molecule has 1 saturated heterocycles. The second-order valence-corrected chi connectivity index (χ2v) is 9.63. The molecular formula is C14H16FN3O5S2. The molecule has 0 spiro atoms. The molecule has 1 aliphatic heterocycles. The SMILES string of the molecule is CS(=O)(=O)N1CCC[C@H]1c1nnc(S(=O)(=O)Cc2ccc(F)cc2)o1. The summed E-state index contributed by atoms with van der Waals surface area (Å²) in [5, 5.41) is 6.71. The van der Waals surface area contributed by atoms with Gasteiger partial charge in [0, 0.05) is 6.54 Å². The predicted molar refractivity (Wildman–Crippen MR) is 85.1 cm³/mol. The lowest BCUT2D eigenvalue weighted by Crippen LogP contribution is -2.29. The van der Waals surface area contributed by atoms with Crippen LogP contribution in [0.1, 0.15) is 30.3 Å². The average Bonchev–Trinajstić information content (AvgIpc) is 3.17. The van der Waals surface area contributed by atoms with E-state index < -0.39 is 42.7 Å². The highest BCUT2D eigenvalue weighted by molar-refractivity contribution is 7.90. The first-order valence-corrected chi connectivity index (χ1v) is 10.9.